The summed E-state index contributed by atoms with van der Waals surface area (Å²) in [5, 5.41) is 45.9. The van der Waals surface area contributed by atoms with Crippen molar-refractivity contribution in [2.45, 2.75) is 145 Å². The van der Waals surface area contributed by atoms with Crippen molar-refractivity contribution in [2.24, 2.45) is 0 Å². The molecule has 0 spiro atoms. The minimum atomic E-state index is -4.89. The zero-order valence-corrected chi connectivity index (χ0v) is 33.1. The molecular weight excluding hydrogens is 741 g/mol. The Morgan fingerprint density at radius 1 is 0.946 bits per heavy atom. The number of aliphatic hydroxyl groups excluding tert-OH is 1. The summed E-state index contributed by atoms with van der Waals surface area (Å²) in [6, 6.07) is 9.91. The molecule has 16 nitrogen and oxygen atoms in total. The van der Waals surface area contributed by atoms with Crippen molar-refractivity contribution in [1.29, 1.82) is 10.5 Å². The molecule has 3 aromatic rings. The summed E-state index contributed by atoms with van der Waals surface area (Å²) in [6.07, 6.45) is 17.1. The van der Waals surface area contributed by atoms with Crippen LogP contribution in [0.15, 0.2) is 36.8 Å². The Bertz CT molecular complexity index is 1820. The van der Waals surface area contributed by atoms with Gasteiger partial charge in [-0.3, -0.25) is 9.05 Å². The van der Waals surface area contributed by atoms with Gasteiger partial charge in [-0.25, -0.2) is 19.0 Å². The molecule has 2 unspecified atom stereocenters. The van der Waals surface area contributed by atoms with Crippen LogP contribution in [0.3, 0.4) is 0 Å². The van der Waals surface area contributed by atoms with E-state index in [2.05, 4.69) is 22.0 Å². The monoisotopic (exact) mass is 797 g/mol. The molecule has 1 saturated heterocycles. The van der Waals surface area contributed by atoms with Crippen LogP contribution in [0.5, 0.6) is 5.88 Å². The molecule has 1 aliphatic heterocycles. The van der Waals surface area contributed by atoms with Gasteiger partial charge in [-0.15, -0.1) is 0 Å². The third kappa shape index (κ3) is 10.8. The van der Waals surface area contributed by atoms with Crippen molar-refractivity contribution in [3.63, 3.8) is 0 Å². The second-order valence-electron chi connectivity index (χ2n) is 14.7. The fourth-order valence-electron chi connectivity index (χ4n) is 7.23. The predicted octanol–water partition coefficient (Wildman–Crippen LogP) is 6.03. The minimum absolute atomic E-state index is 0.00225. The van der Waals surface area contributed by atoms with Gasteiger partial charge in [-0.2, -0.15) is 15.6 Å². The van der Waals surface area contributed by atoms with E-state index in [1.165, 1.54) is 125 Å². The third-order valence-corrected chi connectivity index (χ3v) is 11.5. The zero-order valence-electron chi connectivity index (χ0n) is 32.2. The van der Waals surface area contributed by atoms with Gasteiger partial charge in [0.05, 0.1) is 24.5 Å². The Hall–Kier alpha value is -3.70. The van der Waals surface area contributed by atoms with E-state index in [0.717, 1.165) is 19.3 Å². The first-order chi connectivity index (χ1) is 27.1. The lowest BCUT2D eigenvalue weighted by atomic mass is 9.90. The van der Waals surface area contributed by atoms with Gasteiger partial charge >= 0.3 is 7.82 Å². The minimum Gasteiger partial charge on any atom is -0.469 e. The number of nitrogen functional groups attached to an aromatic ring is 1. The van der Waals surface area contributed by atoms with Crippen molar-refractivity contribution >= 4 is 19.2 Å². The van der Waals surface area contributed by atoms with E-state index in [0.29, 0.717) is 17.7 Å². The summed E-state index contributed by atoms with van der Waals surface area (Å²) in [5.74, 6) is 0.274. The molecule has 2 aliphatic rings. The topological polar surface area (TPSA) is 241 Å². The molecule has 56 heavy (non-hydrogen) atoms. The lowest BCUT2D eigenvalue weighted by Crippen LogP contribution is -2.47. The molecule has 0 radical (unpaired) electrons. The first-order valence-corrected chi connectivity index (χ1v) is 21.4. The van der Waals surface area contributed by atoms with Gasteiger partial charge in [0.25, 0.3) is 0 Å². The molecule has 0 amide bonds. The Labute approximate surface area is 328 Å². The molecular formula is C39H56N7O9P. The Morgan fingerprint density at radius 3 is 2.14 bits per heavy atom. The van der Waals surface area contributed by atoms with Crippen molar-refractivity contribution in [3.8, 4) is 18.0 Å². The summed E-state index contributed by atoms with van der Waals surface area (Å²) in [4.78, 5) is 18.7. The summed E-state index contributed by atoms with van der Waals surface area (Å²) < 4.78 is 42.5. The number of phosphoric ester groups is 1. The number of aromatic nitrogens is 4. The van der Waals surface area contributed by atoms with Crippen LogP contribution in [0.25, 0.3) is 5.52 Å². The van der Waals surface area contributed by atoms with Crippen molar-refractivity contribution in [1.82, 2.24) is 19.6 Å². The van der Waals surface area contributed by atoms with E-state index in [1.54, 1.807) is 0 Å². The highest BCUT2D eigenvalue weighted by molar-refractivity contribution is 7.47. The number of phosphoric acid groups is 1. The van der Waals surface area contributed by atoms with Gasteiger partial charge < -0.3 is 35.1 Å². The van der Waals surface area contributed by atoms with E-state index < -0.39 is 50.0 Å². The van der Waals surface area contributed by atoms with E-state index >= 15 is 0 Å². The molecule has 3 aromatic heterocycles. The molecule has 0 bridgehead atoms. The summed E-state index contributed by atoms with van der Waals surface area (Å²) in [5.41, 5.74) is 2.36. The Kier molecular flexibility index (Phi) is 16.0. The van der Waals surface area contributed by atoms with Gasteiger partial charge in [0.1, 0.15) is 48.4 Å². The van der Waals surface area contributed by atoms with Gasteiger partial charge in [0, 0.05) is 18.9 Å². The van der Waals surface area contributed by atoms with Crippen molar-refractivity contribution in [2.75, 3.05) is 25.6 Å². The van der Waals surface area contributed by atoms with Gasteiger partial charge in [0.15, 0.2) is 11.4 Å². The second kappa shape index (κ2) is 20.6. The molecule has 2 fully saturated rings. The number of nitrogens with two attached hydrogens (primary N) is 1. The van der Waals surface area contributed by atoms with E-state index in [1.807, 2.05) is 12.1 Å². The largest absolute Gasteiger partial charge is 0.472 e. The maximum absolute atomic E-state index is 13.1. The highest BCUT2D eigenvalue weighted by Gasteiger charge is 2.83. The number of rotatable bonds is 27. The average molecular weight is 798 g/mol. The number of nitrogens with zero attached hydrogens (tertiary/aromatic N) is 6. The summed E-state index contributed by atoms with van der Waals surface area (Å²) in [7, 11) is -4.89. The molecule has 5 rings (SSSR count). The first-order valence-electron chi connectivity index (χ1n) is 19.9. The van der Waals surface area contributed by atoms with E-state index in [9.17, 15) is 24.9 Å². The molecule has 7 atom stereocenters. The molecule has 17 heteroatoms. The molecule has 0 aromatic carbocycles. The molecule has 1 saturated carbocycles. The van der Waals surface area contributed by atoms with Crippen LogP contribution < -0.4 is 10.5 Å². The SMILES string of the molecule is CCCCCCCCCCCCCCCCCCOC[C@H](COP(=O)(O)OC1[C@H]2O[C@@](C#N)(c3ccc4c(N)ncnn34)[C@H](O)[C@@]12O)Oc1ccc(C#N)cn1. The molecule has 1 aliphatic carbocycles. The molecule has 4 heterocycles. The normalized spacial score (nSPS) is 24.3. The number of unbranched alkanes of at least 4 members (excludes halogenated alkanes) is 15. The second-order valence-corrected chi connectivity index (χ2v) is 16.1. The molecule has 306 valence electrons. The maximum atomic E-state index is 13.1. The van der Waals surface area contributed by atoms with Crippen LogP contribution >= 0.6 is 7.82 Å². The number of anilines is 1. The summed E-state index contributed by atoms with van der Waals surface area (Å²) >= 11 is 0. The van der Waals surface area contributed by atoms with E-state index in [-0.39, 0.29) is 24.0 Å². The zero-order chi connectivity index (χ0) is 40.0. The van der Waals surface area contributed by atoms with Crippen LogP contribution in [0, 0.1) is 22.7 Å². The fraction of sp³-hybridized carbons (Fsp3) is 0.667. The van der Waals surface area contributed by atoms with Gasteiger partial charge in [-0.1, -0.05) is 103 Å². The number of hydrogen-bond acceptors (Lipinski definition) is 14. The van der Waals surface area contributed by atoms with Crippen LogP contribution in [-0.2, 0) is 28.7 Å². The fourth-order valence-corrected chi connectivity index (χ4v) is 8.21. The lowest BCUT2D eigenvalue weighted by Gasteiger charge is -2.29. The predicted molar refractivity (Wildman–Crippen MR) is 205 cm³/mol. The standard InChI is InChI=1S/C39H56N7O9P/c1-2-3-4-5-6-7-8-9-10-11-12-13-14-15-16-17-22-51-25-30(53-33-21-18-29(23-40)24-43-33)26-52-56(49,50)55-35-34-39(35,48)37(47)38(27-41,54-34)32-20-19-31-36(42)44-28-45-46(31)32/h18-21,24,28,30,34-35,37,47-48H,2-17,22,25-26H2,1H3,(H,49,50)(H2,42,44,45)/t30-,34-,35?,37+,38+,39+/m1/s1. The van der Waals surface area contributed by atoms with Gasteiger partial charge in [0.2, 0.25) is 11.5 Å². The summed E-state index contributed by atoms with van der Waals surface area (Å²) in [6.45, 7) is 2.24. The maximum Gasteiger partial charge on any atom is 0.472 e. The van der Waals surface area contributed by atoms with Gasteiger partial charge in [-0.05, 0) is 24.6 Å². The number of pyridine rings is 1. The van der Waals surface area contributed by atoms with Crippen molar-refractivity contribution in [3.05, 3.63) is 48.0 Å². The third-order valence-electron chi connectivity index (χ3n) is 10.5. The number of nitriles is 2. The number of aliphatic hydroxyl groups is 2. The van der Waals surface area contributed by atoms with Crippen molar-refractivity contribution < 1.29 is 42.9 Å². The molecule has 5 N–H and O–H groups in total. The Balaban J connectivity index is 1.03. The van der Waals surface area contributed by atoms with Crippen LogP contribution in [0.4, 0.5) is 5.82 Å². The number of fused-ring (bicyclic) bond motifs is 2. The average Bonchev–Trinajstić information content (AvgIpc) is 3.43. The quantitative estimate of drug-likeness (QED) is 0.0509. The highest BCUT2D eigenvalue weighted by Crippen LogP contribution is 2.63. The first kappa shape index (κ1) is 43.4. The van der Waals surface area contributed by atoms with Crippen LogP contribution in [0.2, 0.25) is 0 Å². The van der Waals surface area contributed by atoms with E-state index in [4.69, 9.17) is 34.3 Å². The smallest absolute Gasteiger partial charge is 0.469 e. The Morgan fingerprint density at radius 2 is 1.59 bits per heavy atom. The number of hydrogen-bond donors (Lipinski definition) is 4. The lowest BCUT2D eigenvalue weighted by molar-refractivity contribution is -0.106. The van der Waals surface area contributed by atoms with Crippen LogP contribution in [0.1, 0.15) is 121 Å². The van der Waals surface area contributed by atoms with Crippen LogP contribution in [-0.4, -0.2) is 84.5 Å². The highest BCUT2D eigenvalue weighted by atomic mass is 31.2. The number of ether oxygens (including phenoxy) is 3.